The number of carbonyl (C=O) groups excluding carboxylic acids is 1. The smallest absolute Gasteiger partial charge is 0.243 e. The second-order valence-corrected chi connectivity index (χ2v) is 8.68. The van der Waals surface area contributed by atoms with Crippen molar-refractivity contribution in [3.05, 3.63) is 54.1 Å². The number of carbonyl (C=O) groups is 1. The van der Waals surface area contributed by atoms with Crippen LogP contribution in [0.5, 0.6) is 5.75 Å². The minimum atomic E-state index is -3.63. The lowest BCUT2D eigenvalue weighted by atomic mass is 9.97. The summed E-state index contributed by atoms with van der Waals surface area (Å²) in [7, 11) is -3.63. The number of sulfonamides is 1. The first kappa shape index (κ1) is 22.9. The first-order chi connectivity index (χ1) is 13.8. The Labute approximate surface area is 173 Å². The molecule has 0 aliphatic heterocycles. The van der Waals surface area contributed by atoms with Gasteiger partial charge in [0.25, 0.3) is 0 Å². The fourth-order valence-electron chi connectivity index (χ4n) is 3.14. The molecule has 0 aromatic heterocycles. The third-order valence-corrected chi connectivity index (χ3v) is 6.77. The molecule has 0 fully saturated rings. The van der Waals surface area contributed by atoms with Gasteiger partial charge >= 0.3 is 0 Å². The van der Waals surface area contributed by atoms with Crippen molar-refractivity contribution in [3.8, 4) is 5.75 Å². The van der Waals surface area contributed by atoms with Gasteiger partial charge in [-0.15, -0.1) is 0 Å². The fourth-order valence-corrected chi connectivity index (χ4v) is 4.62. The number of anilines is 1. The molecular formula is C22H30N2O4S. The van der Waals surface area contributed by atoms with Crippen LogP contribution >= 0.6 is 0 Å². The quantitative estimate of drug-likeness (QED) is 0.626. The maximum Gasteiger partial charge on any atom is 0.243 e. The zero-order valence-corrected chi connectivity index (χ0v) is 18.3. The Hall–Kier alpha value is -2.38. The summed E-state index contributed by atoms with van der Waals surface area (Å²) in [5.74, 6) is 0.292. The second-order valence-electron chi connectivity index (χ2n) is 6.74. The van der Waals surface area contributed by atoms with E-state index in [-0.39, 0.29) is 23.1 Å². The number of rotatable bonds is 10. The van der Waals surface area contributed by atoms with E-state index in [9.17, 15) is 13.2 Å². The summed E-state index contributed by atoms with van der Waals surface area (Å²) in [5.41, 5.74) is 1.44. The number of ether oxygens (including phenoxy) is 1. The van der Waals surface area contributed by atoms with E-state index in [4.69, 9.17) is 4.74 Å². The number of nitrogens with zero attached hydrogens (tertiary/aromatic N) is 1. The summed E-state index contributed by atoms with van der Waals surface area (Å²) in [6.45, 7) is 8.58. The maximum atomic E-state index is 12.8. The molecule has 1 N–H and O–H groups in total. The van der Waals surface area contributed by atoms with Gasteiger partial charge in [-0.2, -0.15) is 4.31 Å². The SMILES string of the molecule is CCOc1ccc(S(=O)(=O)N(CC)CC)cc1NC(=O)C[C@H](C)c1ccccc1. The van der Waals surface area contributed by atoms with Gasteiger partial charge in [-0.25, -0.2) is 8.42 Å². The highest BCUT2D eigenvalue weighted by molar-refractivity contribution is 7.89. The Morgan fingerprint density at radius 2 is 1.72 bits per heavy atom. The van der Waals surface area contributed by atoms with Gasteiger partial charge in [0.2, 0.25) is 15.9 Å². The third-order valence-electron chi connectivity index (χ3n) is 4.73. The van der Waals surface area contributed by atoms with E-state index >= 15 is 0 Å². The number of hydrogen-bond donors (Lipinski definition) is 1. The summed E-state index contributed by atoms with van der Waals surface area (Å²) >= 11 is 0. The molecule has 0 radical (unpaired) electrons. The Balaban J connectivity index is 2.26. The Morgan fingerprint density at radius 1 is 1.07 bits per heavy atom. The highest BCUT2D eigenvalue weighted by Crippen LogP contribution is 2.30. The highest BCUT2D eigenvalue weighted by Gasteiger charge is 2.23. The minimum Gasteiger partial charge on any atom is -0.492 e. The molecule has 0 spiro atoms. The van der Waals surface area contributed by atoms with Crippen LogP contribution in [0.25, 0.3) is 0 Å². The van der Waals surface area contributed by atoms with Crippen LogP contribution in [0.1, 0.15) is 45.6 Å². The largest absolute Gasteiger partial charge is 0.492 e. The van der Waals surface area contributed by atoms with Crippen molar-refractivity contribution >= 4 is 21.6 Å². The summed E-state index contributed by atoms with van der Waals surface area (Å²) < 4.78 is 32.6. The molecular weight excluding hydrogens is 388 g/mol. The van der Waals surface area contributed by atoms with Crippen molar-refractivity contribution in [3.63, 3.8) is 0 Å². The molecule has 0 saturated carbocycles. The molecule has 1 amide bonds. The molecule has 0 heterocycles. The molecule has 0 aliphatic carbocycles. The summed E-state index contributed by atoms with van der Waals surface area (Å²) in [6.07, 6.45) is 0.280. The van der Waals surface area contributed by atoms with Gasteiger partial charge < -0.3 is 10.1 Å². The van der Waals surface area contributed by atoms with Crippen LogP contribution in [0.4, 0.5) is 5.69 Å². The maximum absolute atomic E-state index is 12.8. The molecule has 7 heteroatoms. The van der Waals surface area contributed by atoms with Gasteiger partial charge in [0.1, 0.15) is 5.75 Å². The van der Waals surface area contributed by atoms with Crippen molar-refractivity contribution in [1.82, 2.24) is 4.31 Å². The Morgan fingerprint density at radius 3 is 2.31 bits per heavy atom. The third kappa shape index (κ3) is 5.81. The molecule has 0 bridgehead atoms. The summed E-state index contributed by atoms with van der Waals surface area (Å²) in [5, 5.41) is 2.84. The van der Waals surface area contributed by atoms with Crippen LogP contribution < -0.4 is 10.1 Å². The molecule has 2 aromatic rings. The van der Waals surface area contributed by atoms with E-state index in [1.807, 2.05) is 44.2 Å². The van der Waals surface area contributed by atoms with Crippen molar-refractivity contribution in [1.29, 1.82) is 0 Å². The topological polar surface area (TPSA) is 75.7 Å². The average Bonchev–Trinajstić information content (AvgIpc) is 2.70. The highest BCUT2D eigenvalue weighted by atomic mass is 32.2. The van der Waals surface area contributed by atoms with E-state index in [1.54, 1.807) is 19.9 Å². The minimum absolute atomic E-state index is 0.0364. The van der Waals surface area contributed by atoms with E-state index in [0.717, 1.165) is 5.56 Å². The molecule has 158 valence electrons. The number of amides is 1. The predicted molar refractivity (Wildman–Crippen MR) is 116 cm³/mol. The number of benzene rings is 2. The fraction of sp³-hybridized carbons (Fsp3) is 0.409. The van der Waals surface area contributed by atoms with Gasteiger partial charge in [0.15, 0.2) is 0 Å². The average molecular weight is 419 g/mol. The molecule has 0 saturated heterocycles. The number of hydrogen-bond acceptors (Lipinski definition) is 4. The lowest BCUT2D eigenvalue weighted by Gasteiger charge is -2.20. The number of nitrogens with one attached hydrogen (secondary N) is 1. The molecule has 6 nitrogen and oxygen atoms in total. The van der Waals surface area contributed by atoms with Gasteiger partial charge in [-0.05, 0) is 36.6 Å². The first-order valence-electron chi connectivity index (χ1n) is 9.95. The van der Waals surface area contributed by atoms with E-state index < -0.39 is 10.0 Å². The van der Waals surface area contributed by atoms with Crippen LogP contribution in [-0.4, -0.2) is 38.3 Å². The van der Waals surface area contributed by atoms with Crippen LogP contribution in [-0.2, 0) is 14.8 Å². The monoisotopic (exact) mass is 418 g/mol. The zero-order valence-electron chi connectivity index (χ0n) is 17.5. The van der Waals surface area contributed by atoms with E-state index in [2.05, 4.69) is 5.32 Å². The van der Waals surface area contributed by atoms with E-state index in [1.165, 1.54) is 16.4 Å². The second kappa shape index (κ2) is 10.4. The lowest BCUT2D eigenvalue weighted by Crippen LogP contribution is -2.30. The molecule has 29 heavy (non-hydrogen) atoms. The predicted octanol–water partition coefficient (Wildman–Crippen LogP) is 4.25. The normalized spacial score (nSPS) is 12.6. The van der Waals surface area contributed by atoms with Gasteiger partial charge in [-0.3, -0.25) is 4.79 Å². The molecule has 0 aliphatic rings. The van der Waals surface area contributed by atoms with Crippen LogP contribution in [0.15, 0.2) is 53.4 Å². The standard InChI is InChI=1S/C22H30N2O4S/c1-5-24(6-2)29(26,27)19-13-14-21(28-7-3)20(16-19)23-22(25)15-17(4)18-11-9-8-10-12-18/h8-14,16-17H,5-7,15H2,1-4H3,(H,23,25)/t17-/m0/s1. The molecule has 2 aromatic carbocycles. The Kier molecular flexibility index (Phi) is 8.22. The van der Waals surface area contributed by atoms with Crippen LogP contribution in [0.3, 0.4) is 0 Å². The Bertz CT molecular complexity index is 910. The van der Waals surface area contributed by atoms with Gasteiger partial charge in [-0.1, -0.05) is 51.1 Å². The summed E-state index contributed by atoms with van der Waals surface area (Å²) in [4.78, 5) is 12.8. The first-order valence-corrected chi connectivity index (χ1v) is 11.4. The molecule has 1 atom stereocenters. The molecule has 2 rings (SSSR count). The van der Waals surface area contributed by atoms with Crippen molar-refractivity contribution in [2.75, 3.05) is 25.0 Å². The van der Waals surface area contributed by atoms with Crippen LogP contribution in [0.2, 0.25) is 0 Å². The molecule has 0 unspecified atom stereocenters. The van der Waals surface area contributed by atoms with Crippen molar-refractivity contribution in [2.24, 2.45) is 0 Å². The van der Waals surface area contributed by atoms with Gasteiger partial charge in [0.05, 0.1) is 17.2 Å². The van der Waals surface area contributed by atoms with Crippen LogP contribution in [0, 0.1) is 0 Å². The van der Waals surface area contributed by atoms with Gasteiger partial charge in [0, 0.05) is 19.5 Å². The van der Waals surface area contributed by atoms with Crippen molar-refractivity contribution in [2.45, 2.75) is 44.9 Å². The van der Waals surface area contributed by atoms with Crippen molar-refractivity contribution < 1.29 is 17.9 Å². The summed E-state index contributed by atoms with van der Waals surface area (Å²) in [6, 6.07) is 14.4. The lowest BCUT2D eigenvalue weighted by molar-refractivity contribution is -0.116. The zero-order chi connectivity index (χ0) is 21.4. The van der Waals surface area contributed by atoms with E-state index in [0.29, 0.717) is 31.1 Å².